The van der Waals surface area contributed by atoms with Gasteiger partial charge >= 0.3 is 0 Å². The van der Waals surface area contributed by atoms with Crippen molar-refractivity contribution in [2.75, 3.05) is 33.7 Å². The van der Waals surface area contributed by atoms with E-state index in [1.807, 2.05) is 6.07 Å². The highest BCUT2D eigenvalue weighted by Crippen LogP contribution is 2.14. The quantitative estimate of drug-likeness (QED) is 0.661. The minimum Gasteiger partial charge on any atom is -0.356 e. The molecule has 2 N–H and O–H groups in total. The smallest absolute Gasteiger partial charge is 0.191 e. The molecule has 2 rings (SSSR count). The number of aryl methyl sites for hydroxylation is 1. The van der Waals surface area contributed by atoms with Gasteiger partial charge in [-0.15, -0.1) is 0 Å². The number of piperidine rings is 1. The summed E-state index contributed by atoms with van der Waals surface area (Å²) in [6.45, 7) is 5.62. The SMILES string of the molecule is CN=C(NCc1ccc(C)c(F)c1)NCC1CCN(C)CC1. The van der Waals surface area contributed by atoms with E-state index in [0.717, 1.165) is 18.1 Å². The van der Waals surface area contributed by atoms with Crippen molar-refractivity contribution < 1.29 is 4.39 Å². The second-order valence-electron chi connectivity index (χ2n) is 6.14. The lowest BCUT2D eigenvalue weighted by Crippen LogP contribution is -2.42. The standard InChI is InChI=1S/C17H27FN4/c1-13-4-5-15(10-16(13)18)12-21-17(19-2)20-11-14-6-8-22(3)9-7-14/h4-5,10,14H,6-9,11-12H2,1-3H3,(H2,19,20,21). The number of rotatable bonds is 4. The molecule has 0 amide bonds. The summed E-state index contributed by atoms with van der Waals surface area (Å²) >= 11 is 0. The van der Waals surface area contributed by atoms with E-state index in [9.17, 15) is 4.39 Å². The molecule has 122 valence electrons. The number of benzene rings is 1. The molecule has 1 fully saturated rings. The number of hydrogen-bond acceptors (Lipinski definition) is 2. The molecule has 0 radical (unpaired) electrons. The zero-order valence-electron chi connectivity index (χ0n) is 13.8. The first-order valence-electron chi connectivity index (χ1n) is 7.96. The van der Waals surface area contributed by atoms with Gasteiger partial charge in [0.2, 0.25) is 0 Å². The Balaban J connectivity index is 1.76. The Morgan fingerprint density at radius 3 is 2.68 bits per heavy atom. The largest absolute Gasteiger partial charge is 0.356 e. The zero-order valence-corrected chi connectivity index (χ0v) is 13.8. The third kappa shape index (κ3) is 4.98. The monoisotopic (exact) mass is 306 g/mol. The fraction of sp³-hybridized carbons (Fsp3) is 0.588. The molecular formula is C17H27FN4. The lowest BCUT2D eigenvalue weighted by molar-refractivity contribution is 0.220. The molecule has 0 unspecified atom stereocenters. The Hall–Kier alpha value is -1.62. The molecule has 1 aromatic rings. The fourth-order valence-electron chi connectivity index (χ4n) is 2.66. The predicted molar refractivity (Wildman–Crippen MR) is 89.6 cm³/mol. The molecule has 22 heavy (non-hydrogen) atoms. The first-order chi connectivity index (χ1) is 10.6. The van der Waals surface area contributed by atoms with E-state index in [0.29, 0.717) is 18.0 Å². The Morgan fingerprint density at radius 2 is 2.05 bits per heavy atom. The average Bonchev–Trinajstić information content (AvgIpc) is 2.52. The van der Waals surface area contributed by atoms with Crippen molar-refractivity contribution in [2.24, 2.45) is 10.9 Å². The molecule has 1 aromatic carbocycles. The number of halogens is 1. The maximum absolute atomic E-state index is 13.5. The molecule has 0 saturated carbocycles. The van der Waals surface area contributed by atoms with Gasteiger partial charge in [-0.3, -0.25) is 4.99 Å². The average molecular weight is 306 g/mol. The van der Waals surface area contributed by atoms with Crippen LogP contribution >= 0.6 is 0 Å². The molecule has 0 atom stereocenters. The summed E-state index contributed by atoms with van der Waals surface area (Å²) in [6.07, 6.45) is 2.45. The van der Waals surface area contributed by atoms with Crippen LogP contribution in [0.2, 0.25) is 0 Å². The Morgan fingerprint density at radius 1 is 1.32 bits per heavy atom. The highest BCUT2D eigenvalue weighted by Gasteiger charge is 2.16. The molecule has 5 heteroatoms. The summed E-state index contributed by atoms with van der Waals surface area (Å²) in [7, 11) is 3.94. The maximum Gasteiger partial charge on any atom is 0.191 e. The summed E-state index contributed by atoms with van der Waals surface area (Å²) < 4.78 is 13.5. The summed E-state index contributed by atoms with van der Waals surface area (Å²) in [5.74, 6) is 1.32. The summed E-state index contributed by atoms with van der Waals surface area (Å²) in [5.41, 5.74) is 1.60. The van der Waals surface area contributed by atoms with Crippen LogP contribution < -0.4 is 10.6 Å². The molecule has 4 nitrogen and oxygen atoms in total. The van der Waals surface area contributed by atoms with Crippen molar-refractivity contribution in [1.29, 1.82) is 0 Å². The van der Waals surface area contributed by atoms with Crippen LogP contribution in [0.5, 0.6) is 0 Å². The normalized spacial score (nSPS) is 17.5. The van der Waals surface area contributed by atoms with Gasteiger partial charge in [0.1, 0.15) is 5.82 Å². The highest BCUT2D eigenvalue weighted by atomic mass is 19.1. The minimum absolute atomic E-state index is 0.159. The number of hydrogen-bond donors (Lipinski definition) is 2. The van der Waals surface area contributed by atoms with E-state index in [1.54, 1.807) is 26.1 Å². The van der Waals surface area contributed by atoms with Gasteiger partial charge in [-0.25, -0.2) is 4.39 Å². The molecule has 1 heterocycles. The topological polar surface area (TPSA) is 39.7 Å². The van der Waals surface area contributed by atoms with Crippen LogP contribution in [0.1, 0.15) is 24.0 Å². The Labute approximate surface area is 132 Å². The van der Waals surface area contributed by atoms with E-state index in [2.05, 4.69) is 27.6 Å². The molecule has 1 saturated heterocycles. The van der Waals surface area contributed by atoms with Crippen molar-refractivity contribution in [3.63, 3.8) is 0 Å². The molecule has 0 aromatic heterocycles. The number of nitrogens with one attached hydrogen (secondary N) is 2. The zero-order chi connectivity index (χ0) is 15.9. The third-order valence-corrected chi connectivity index (χ3v) is 4.32. The van der Waals surface area contributed by atoms with Gasteiger partial charge in [0.05, 0.1) is 0 Å². The van der Waals surface area contributed by atoms with Crippen molar-refractivity contribution in [2.45, 2.75) is 26.3 Å². The molecular weight excluding hydrogens is 279 g/mol. The molecule has 1 aliphatic heterocycles. The van der Waals surface area contributed by atoms with Crippen LogP contribution in [-0.2, 0) is 6.54 Å². The number of nitrogens with zero attached hydrogens (tertiary/aromatic N) is 2. The van der Waals surface area contributed by atoms with Crippen molar-refractivity contribution >= 4 is 5.96 Å². The van der Waals surface area contributed by atoms with Crippen molar-refractivity contribution in [3.05, 3.63) is 35.1 Å². The van der Waals surface area contributed by atoms with Gasteiger partial charge in [0.25, 0.3) is 0 Å². The lowest BCUT2D eigenvalue weighted by Gasteiger charge is -2.29. The second-order valence-corrected chi connectivity index (χ2v) is 6.14. The highest BCUT2D eigenvalue weighted by molar-refractivity contribution is 5.79. The van der Waals surface area contributed by atoms with Crippen LogP contribution in [-0.4, -0.2) is 44.6 Å². The van der Waals surface area contributed by atoms with Gasteiger partial charge in [-0.2, -0.15) is 0 Å². The van der Waals surface area contributed by atoms with Crippen molar-refractivity contribution in [1.82, 2.24) is 15.5 Å². The van der Waals surface area contributed by atoms with Crippen LogP contribution in [0, 0.1) is 18.7 Å². The number of aliphatic imine (C=N–C) groups is 1. The molecule has 0 spiro atoms. The van der Waals surface area contributed by atoms with Gasteiger partial charge in [-0.1, -0.05) is 12.1 Å². The summed E-state index contributed by atoms with van der Waals surface area (Å²) in [4.78, 5) is 6.60. The minimum atomic E-state index is -0.159. The van der Waals surface area contributed by atoms with Crippen LogP contribution in [0.25, 0.3) is 0 Å². The number of guanidine groups is 1. The van der Waals surface area contributed by atoms with Gasteiger partial charge in [-0.05, 0) is 63.0 Å². The van der Waals surface area contributed by atoms with Gasteiger partial charge in [0.15, 0.2) is 5.96 Å². The van der Waals surface area contributed by atoms with Crippen molar-refractivity contribution in [3.8, 4) is 0 Å². The fourth-order valence-corrected chi connectivity index (χ4v) is 2.66. The molecule has 1 aliphatic rings. The Bertz CT molecular complexity index is 507. The van der Waals surface area contributed by atoms with Gasteiger partial charge < -0.3 is 15.5 Å². The first-order valence-corrected chi connectivity index (χ1v) is 7.96. The van der Waals surface area contributed by atoms with E-state index >= 15 is 0 Å². The van der Waals surface area contributed by atoms with E-state index in [4.69, 9.17) is 0 Å². The van der Waals surface area contributed by atoms with E-state index in [-0.39, 0.29) is 5.82 Å². The van der Waals surface area contributed by atoms with Crippen LogP contribution in [0.15, 0.2) is 23.2 Å². The summed E-state index contributed by atoms with van der Waals surface area (Å²) in [6, 6.07) is 5.32. The second kappa shape index (κ2) is 8.13. The molecule has 0 bridgehead atoms. The first kappa shape index (κ1) is 16.7. The molecule has 0 aliphatic carbocycles. The summed E-state index contributed by atoms with van der Waals surface area (Å²) in [5, 5.41) is 6.62. The predicted octanol–water partition coefficient (Wildman–Crippen LogP) is 2.14. The van der Waals surface area contributed by atoms with E-state index < -0.39 is 0 Å². The third-order valence-electron chi connectivity index (χ3n) is 4.32. The van der Waals surface area contributed by atoms with Crippen LogP contribution in [0.3, 0.4) is 0 Å². The maximum atomic E-state index is 13.5. The van der Waals surface area contributed by atoms with E-state index in [1.165, 1.54) is 25.9 Å². The Kier molecular flexibility index (Phi) is 6.19. The van der Waals surface area contributed by atoms with Gasteiger partial charge in [0, 0.05) is 20.1 Å². The lowest BCUT2D eigenvalue weighted by atomic mass is 9.97. The van der Waals surface area contributed by atoms with Crippen LogP contribution in [0.4, 0.5) is 4.39 Å². The number of likely N-dealkylation sites (tertiary alicyclic amines) is 1.